The molecule has 1 amide bonds. The summed E-state index contributed by atoms with van der Waals surface area (Å²) in [6.45, 7) is 7.03. The molecule has 3 heterocycles. The zero-order valence-corrected chi connectivity index (χ0v) is 16.5. The minimum atomic E-state index is -0.238. The lowest BCUT2D eigenvalue weighted by Crippen LogP contribution is -2.42. The number of rotatable bonds is 3. The van der Waals surface area contributed by atoms with E-state index in [1.165, 1.54) is 10.7 Å². The number of nitrogens with zero attached hydrogens (tertiary/aromatic N) is 4. The number of hydrogen-bond acceptors (Lipinski definition) is 4. The molecule has 4 rings (SSSR count). The number of aromatic amines is 1. The van der Waals surface area contributed by atoms with Crippen LogP contribution in [0.5, 0.6) is 0 Å². The van der Waals surface area contributed by atoms with Gasteiger partial charge in [0.1, 0.15) is 12.4 Å². The molecule has 1 N–H and O–H groups in total. The molecule has 7 nitrogen and oxygen atoms in total. The number of H-pyrrole nitrogens is 1. The molecule has 1 fully saturated rings. The maximum atomic E-state index is 12.8. The maximum absolute atomic E-state index is 12.8. The summed E-state index contributed by atoms with van der Waals surface area (Å²) in [4.78, 5) is 35.0. The van der Waals surface area contributed by atoms with Crippen molar-refractivity contribution in [3.05, 3.63) is 57.3 Å². The second-order valence-corrected chi connectivity index (χ2v) is 7.68. The van der Waals surface area contributed by atoms with Crippen LogP contribution in [0.2, 0.25) is 0 Å². The van der Waals surface area contributed by atoms with Gasteiger partial charge in [0.05, 0.1) is 16.7 Å². The molecule has 0 bridgehead atoms. The number of fused-ring (bicyclic) bond motifs is 1. The van der Waals surface area contributed by atoms with Gasteiger partial charge in [-0.25, -0.2) is 9.67 Å². The zero-order chi connectivity index (χ0) is 19.8. The summed E-state index contributed by atoms with van der Waals surface area (Å²) in [5, 5.41) is 4.26. The molecule has 1 unspecified atom stereocenters. The summed E-state index contributed by atoms with van der Waals surface area (Å²) < 4.78 is 1.26. The van der Waals surface area contributed by atoms with E-state index in [-0.39, 0.29) is 23.9 Å². The van der Waals surface area contributed by atoms with Crippen molar-refractivity contribution >= 4 is 16.9 Å². The van der Waals surface area contributed by atoms with Crippen LogP contribution >= 0.6 is 0 Å². The van der Waals surface area contributed by atoms with Crippen molar-refractivity contribution in [3.63, 3.8) is 0 Å². The van der Waals surface area contributed by atoms with Gasteiger partial charge >= 0.3 is 0 Å². The molecule has 3 aromatic rings. The molecular weight excluding hydrogens is 354 g/mol. The summed E-state index contributed by atoms with van der Waals surface area (Å²) >= 11 is 0. The lowest BCUT2D eigenvalue weighted by atomic mass is 9.97. The molecule has 1 saturated heterocycles. The first kappa shape index (κ1) is 18.4. The van der Waals surface area contributed by atoms with Crippen molar-refractivity contribution in [2.75, 3.05) is 13.1 Å². The Kier molecular flexibility index (Phi) is 4.75. The minimum absolute atomic E-state index is 0.0219. The second-order valence-electron chi connectivity index (χ2n) is 7.68. The number of aromatic nitrogens is 4. The first-order chi connectivity index (χ1) is 13.4. The van der Waals surface area contributed by atoms with E-state index in [2.05, 4.69) is 23.1 Å². The highest BCUT2D eigenvalue weighted by atomic mass is 16.2. The molecule has 1 aliphatic heterocycles. The van der Waals surface area contributed by atoms with E-state index in [0.29, 0.717) is 13.1 Å². The Bertz CT molecular complexity index is 1100. The Morgan fingerprint density at radius 2 is 2.07 bits per heavy atom. The van der Waals surface area contributed by atoms with Gasteiger partial charge in [-0.1, -0.05) is 12.1 Å². The lowest BCUT2D eigenvalue weighted by molar-refractivity contribution is -0.133. The SMILES string of the molecule is Cc1cc(=O)n(CC(=O)N2CCCC(c3nc4c(C)cccc4[nH]3)C2)nc1C. The number of benzene rings is 1. The van der Waals surface area contributed by atoms with Crippen LogP contribution in [0.15, 0.2) is 29.1 Å². The van der Waals surface area contributed by atoms with E-state index in [0.717, 1.165) is 46.5 Å². The summed E-state index contributed by atoms with van der Waals surface area (Å²) in [5.74, 6) is 1.03. The molecule has 2 aromatic heterocycles. The molecule has 146 valence electrons. The average Bonchev–Trinajstić information content (AvgIpc) is 3.12. The number of para-hydroxylation sites is 1. The van der Waals surface area contributed by atoms with Crippen LogP contribution in [-0.2, 0) is 11.3 Å². The highest BCUT2D eigenvalue weighted by Crippen LogP contribution is 2.27. The van der Waals surface area contributed by atoms with Gasteiger partial charge in [0.15, 0.2) is 0 Å². The highest BCUT2D eigenvalue weighted by Gasteiger charge is 2.27. The highest BCUT2D eigenvalue weighted by molar-refractivity contribution is 5.79. The van der Waals surface area contributed by atoms with Crippen molar-refractivity contribution < 1.29 is 4.79 Å². The quantitative estimate of drug-likeness (QED) is 0.758. The van der Waals surface area contributed by atoms with Crippen LogP contribution in [0.1, 0.15) is 41.4 Å². The van der Waals surface area contributed by atoms with Gasteiger partial charge in [-0.05, 0) is 50.8 Å². The number of carbonyl (C=O) groups is 1. The predicted molar refractivity (Wildman–Crippen MR) is 107 cm³/mol. The van der Waals surface area contributed by atoms with Crippen molar-refractivity contribution in [2.45, 2.75) is 46.1 Å². The van der Waals surface area contributed by atoms with E-state index in [1.54, 1.807) is 0 Å². The van der Waals surface area contributed by atoms with Gasteiger partial charge in [0.25, 0.3) is 5.56 Å². The van der Waals surface area contributed by atoms with E-state index in [4.69, 9.17) is 4.98 Å². The molecule has 1 aromatic carbocycles. The van der Waals surface area contributed by atoms with Crippen molar-refractivity contribution in [1.29, 1.82) is 0 Å². The Hall–Kier alpha value is -2.96. The Morgan fingerprint density at radius 3 is 2.86 bits per heavy atom. The zero-order valence-electron chi connectivity index (χ0n) is 16.5. The van der Waals surface area contributed by atoms with Crippen LogP contribution in [0.3, 0.4) is 0 Å². The molecular formula is C21H25N5O2. The molecule has 28 heavy (non-hydrogen) atoms. The molecule has 1 aliphatic rings. The summed E-state index contributed by atoms with van der Waals surface area (Å²) in [7, 11) is 0. The predicted octanol–water partition coefficient (Wildman–Crippen LogP) is 2.45. The number of hydrogen-bond donors (Lipinski definition) is 1. The summed E-state index contributed by atoms with van der Waals surface area (Å²) in [6.07, 6.45) is 1.91. The number of likely N-dealkylation sites (tertiary alicyclic amines) is 1. The fourth-order valence-corrected chi connectivity index (χ4v) is 3.83. The fourth-order valence-electron chi connectivity index (χ4n) is 3.83. The van der Waals surface area contributed by atoms with E-state index in [9.17, 15) is 9.59 Å². The molecule has 0 radical (unpaired) electrons. The smallest absolute Gasteiger partial charge is 0.267 e. The third-order valence-corrected chi connectivity index (χ3v) is 5.61. The molecule has 0 aliphatic carbocycles. The van der Waals surface area contributed by atoms with Crippen molar-refractivity contribution in [3.8, 4) is 0 Å². The van der Waals surface area contributed by atoms with Crippen molar-refractivity contribution in [2.24, 2.45) is 0 Å². The summed E-state index contributed by atoms with van der Waals surface area (Å²) in [6, 6.07) is 7.64. The normalized spacial score (nSPS) is 17.2. The number of aryl methyl sites for hydroxylation is 3. The first-order valence-corrected chi connectivity index (χ1v) is 9.71. The van der Waals surface area contributed by atoms with Gasteiger partial charge in [-0.15, -0.1) is 0 Å². The van der Waals surface area contributed by atoms with Gasteiger partial charge < -0.3 is 9.88 Å². The Morgan fingerprint density at radius 1 is 1.25 bits per heavy atom. The largest absolute Gasteiger partial charge is 0.342 e. The number of amides is 1. The second kappa shape index (κ2) is 7.22. The third kappa shape index (κ3) is 3.44. The van der Waals surface area contributed by atoms with Gasteiger partial charge in [0.2, 0.25) is 5.91 Å². The van der Waals surface area contributed by atoms with Gasteiger partial charge in [0, 0.05) is 25.1 Å². The Labute approximate surface area is 163 Å². The maximum Gasteiger partial charge on any atom is 0.267 e. The van der Waals surface area contributed by atoms with Gasteiger partial charge in [-0.3, -0.25) is 9.59 Å². The third-order valence-electron chi connectivity index (χ3n) is 5.61. The molecule has 7 heteroatoms. The van der Waals surface area contributed by atoms with Crippen LogP contribution in [0.4, 0.5) is 0 Å². The lowest BCUT2D eigenvalue weighted by Gasteiger charge is -2.32. The number of nitrogens with one attached hydrogen (secondary N) is 1. The molecule has 0 saturated carbocycles. The summed E-state index contributed by atoms with van der Waals surface area (Å²) in [5.41, 5.74) is 4.53. The molecule has 1 atom stereocenters. The minimum Gasteiger partial charge on any atom is -0.342 e. The Balaban J connectivity index is 1.51. The van der Waals surface area contributed by atoms with Crippen LogP contribution in [0.25, 0.3) is 11.0 Å². The van der Waals surface area contributed by atoms with Crippen LogP contribution in [0, 0.1) is 20.8 Å². The molecule has 0 spiro atoms. The van der Waals surface area contributed by atoms with Crippen LogP contribution < -0.4 is 5.56 Å². The van der Waals surface area contributed by atoms with Gasteiger partial charge in [-0.2, -0.15) is 5.10 Å². The van der Waals surface area contributed by atoms with Crippen LogP contribution in [-0.4, -0.2) is 43.6 Å². The fraction of sp³-hybridized carbons (Fsp3) is 0.429. The first-order valence-electron chi connectivity index (χ1n) is 9.71. The van der Waals surface area contributed by atoms with Crippen molar-refractivity contribution in [1.82, 2.24) is 24.6 Å². The standard InChI is InChI=1S/C21H25N5O2/c1-13-6-4-8-17-20(13)23-21(22-17)16-7-5-9-25(11-16)19(28)12-26-18(27)10-14(2)15(3)24-26/h4,6,8,10,16H,5,7,9,11-12H2,1-3H3,(H,22,23). The number of piperidine rings is 1. The number of imidazole rings is 1. The monoisotopic (exact) mass is 379 g/mol. The van der Waals surface area contributed by atoms with E-state index in [1.807, 2.05) is 30.9 Å². The number of carbonyl (C=O) groups excluding carboxylic acids is 1. The average molecular weight is 379 g/mol. The topological polar surface area (TPSA) is 83.9 Å². The van der Waals surface area contributed by atoms with E-state index < -0.39 is 0 Å². The van der Waals surface area contributed by atoms with E-state index >= 15 is 0 Å².